The van der Waals surface area contributed by atoms with Gasteiger partial charge in [0.05, 0.1) is 11.3 Å². The first-order chi connectivity index (χ1) is 9.74. The Kier molecular flexibility index (Phi) is 5.12. The second kappa shape index (κ2) is 7.05. The second-order valence-electron chi connectivity index (χ2n) is 4.86. The van der Waals surface area contributed by atoms with Crippen LogP contribution >= 0.6 is 0 Å². The zero-order chi connectivity index (χ0) is 14.4. The maximum absolute atomic E-state index is 12.4. The minimum Gasteiger partial charge on any atom is -0.380 e. The van der Waals surface area contributed by atoms with Gasteiger partial charge in [-0.15, -0.1) is 6.58 Å². The van der Waals surface area contributed by atoms with E-state index in [2.05, 4.69) is 28.7 Å². The largest absolute Gasteiger partial charge is 0.380 e. The number of piperazine rings is 1. The van der Waals surface area contributed by atoms with E-state index in [1.165, 1.54) is 0 Å². The molecule has 0 radical (unpaired) electrons. The van der Waals surface area contributed by atoms with Gasteiger partial charge in [0.1, 0.15) is 0 Å². The summed E-state index contributed by atoms with van der Waals surface area (Å²) >= 11 is 0. The summed E-state index contributed by atoms with van der Waals surface area (Å²) in [6.45, 7) is 11.0. The van der Waals surface area contributed by atoms with Crippen molar-refractivity contribution < 1.29 is 4.79 Å². The minimum absolute atomic E-state index is 0.0653. The Labute approximate surface area is 120 Å². The van der Waals surface area contributed by atoms with Gasteiger partial charge in [0, 0.05) is 45.1 Å². The molecule has 1 N–H and O–H groups in total. The molecule has 2 rings (SSSR count). The van der Waals surface area contributed by atoms with Gasteiger partial charge >= 0.3 is 0 Å². The quantitative estimate of drug-likeness (QED) is 0.826. The molecule has 1 fully saturated rings. The highest BCUT2D eigenvalue weighted by molar-refractivity contribution is 5.94. The van der Waals surface area contributed by atoms with Gasteiger partial charge in [-0.2, -0.15) is 0 Å². The van der Waals surface area contributed by atoms with Crippen LogP contribution in [-0.2, 0) is 0 Å². The summed E-state index contributed by atoms with van der Waals surface area (Å²) in [4.78, 5) is 20.8. The molecule has 5 heteroatoms. The van der Waals surface area contributed by atoms with E-state index in [-0.39, 0.29) is 5.91 Å². The average Bonchev–Trinajstić information content (AvgIpc) is 2.52. The molecule has 0 aromatic carbocycles. The molecule has 0 spiro atoms. The van der Waals surface area contributed by atoms with Crippen molar-refractivity contribution in [2.24, 2.45) is 0 Å². The Morgan fingerprint density at radius 2 is 2.15 bits per heavy atom. The Balaban J connectivity index is 2.00. The van der Waals surface area contributed by atoms with Gasteiger partial charge in [-0.25, -0.2) is 0 Å². The SMILES string of the molecule is C=CCNc1cncc(C(=O)N2CCN(CC)CC2)c1. The summed E-state index contributed by atoms with van der Waals surface area (Å²) in [5.41, 5.74) is 1.49. The number of carbonyl (C=O) groups excluding carboxylic acids is 1. The van der Waals surface area contributed by atoms with Crippen molar-refractivity contribution >= 4 is 11.6 Å². The van der Waals surface area contributed by atoms with Gasteiger partial charge in [-0.1, -0.05) is 13.0 Å². The number of hydrogen-bond acceptors (Lipinski definition) is 4. The van der Waals surface area contributed by atoms with E-state index in [0.717, 1.165) is 38.4 Å². The van der Waals surface area contributed by atoms with Crippen LogP contribution in [-0.4, -0.2) is 60.0 Å². The molecule has 5 nitrogen and oxygen atoms in total. The maximum atomic E-state index is 12.4. The van der Waals surface area contributed by atoms with E-state index in [0.29, 0.717) is 12.1 Å². The van der Waals surface area contributed by atoms with E-state index in [1.807, 2.05) is 11.0 Å². The van der Waals surface area contributed by atoms with Crippen molar-refractivity contribution in [2.45, 2.75) is 6.92 Å². The Morgan fingerprint density at radius 3 is 2.80 bits per heavy atom. The highest BCUT2D eigenvalue weighted by Gasteiger charge is 2.21. The predicted octanol–water partition coefficient (Wildman–Crippen LogP) is 1.46. The summed E-state index contributed by atoms with van der Waals surface area (Å²) < 4.78 is 0. The molecule has 20 heavy (non-hydrogen) atoms. The number of amides is 1. The molecule has 1 aromatic heterocycles. The highest BCUT2D eigenvalue weighted by atomic mass is 16.2. The number of likely N-dealkylation sites (N-methyl/N-ethyl adjacent to an activating group) is 1. The number of anilines is 1. The summed E-state index contributed by atoms with van der Waals surface area (Å²) in [5.74, 6) is 0.0653. The number of pyridine rings is 1. The van der Waals surface area contributed by atoms with E-state index in [9.17, 15) is 4.79 Å². The van der Waals surface area contributed by atoms with E-state index >= 15 is 0 Å². The molecule has 0 unspecified atom stereocenters. The molecule has 1 aliphatic heterocycles. The van der Waals surface area contributed by atoms with Crippen LogP contribution in [0.3, 0.4) is 0 Å². The number of rotatable bonds is 5. The van der Waals surface area contributed by atoms with Crippen LogP contribution < -0.4 is 5.32 Å². The third-order valence-corrected chi connectivity index (χ3v) is 3.54. The highest BCUT2D eigenvalue weighted by Crippen LogP contribution is 2.12. The van der Waals surface area contributed by atoms with Crippen molar-refractivity contribution in [3.05, 3.63) is 36.7 Å². The molecule has 0 saturated carbocycles. The number of aromatic nitrogens is 1. The van der Waals surface area contributed by atoms with E-state index < -0.39 is 0 Å². The lowest BCUT2D eigenvalue weighted by Gasteiger charge is -2.34. The van der Waals surface area contributed by atoms with Crippen LogP contribution in [0.5, 0.6) is 0 Å². The van der Waals surface area contributed by atoms with Crippen LogP contribution in [0.2, 0.25) is 0 Å². The van der Waals surface area contributed by atoms with Crippen molar-refractivity contribution in [3.8, 4) is 0 Å². The van der Waals surface area contributed by atoms with Crippen molar-refractivity contribution in [3.63, 3.8) is 0 Å². The number of carbonyl (C=O) groups is 1. The lowest BCUT2D eigenvalue weighted by Crippen LogP contribution is -2.48. The summed E-state index contributed by atoms with van der Waals surface area (Å²) in [7, 11) is 0. The fraction of sp³-hybridized carbons (Fsp3) is 0.467. The van der Waals surface area contributed by atoms with Crippen molar-refractivity contribution in [1.29, 1.82) is 0 Å². The van der Waals surface area contributed by atoms with Gasteiger partial charge in [-0.3, -0.25) is 9.78 Å². The molecular weight excluding hydrogens is 252 g/mol. The molecule has 0 bridgehead atoms. The Morgan fingerprint density at radius 1 is 1.40 bits per heavy atom. The topological polar surface area (TPSA) is 48.5 Å². The average molecular weight is 274 g/mol. The fourth-order valence-corrected chi connectivity index (χ4v) is 2.29. The van der Waals surface area contributed by atoms with E-state index in [4.69, 9.17) is 0 Å². The van der Waals surface area contributed by atoms with Crippen LogP contribution in [0.15, 0.2) is 31.1 Å². The molecule has 2 heterocycles. The van der Waals surface area contributed by atoms with Crippen molar-refractivity contribution in [1.82, 2.24) is 14.8 Å². The molecule has 0 aliphatic carbocycles. The van der Waals surface area contributed by atoms with Gasteiger partial charge in [-0.05, 0) is 12.6 Å². The Hall–Kier alpha value is -1.88. The van der Waals surface area contributed by atoms with Crippen molar-refractivity contribution in [2.75, 3.05) is 44.6 Å². The fourth-order valence-electron chi connectivity index (χ4n) is 2.29. The first-order valence-electron chi connectivity index (χ1n) is 7.06. The third-order valence-electron chi connectivity index (χ3n) is 3.54. The zero-order valence-corrected chi connectivity index (χ0v) is 12.0. The molecular formula is C15H22N4O. The van der Waals surface area contributed by atoms with Crippen LogP contribution in [0.4, 0.5) is 5.69 Å². The normalized spacial score (nSPS) is 15.9. The maximum Gasteiger partial charge on any atom is 0.255 e. The third kappa shape index (κ3) is 3.57. The molecule has 0 atom stereocenters. The standard InChI is InChI=1S/C15H22N4O/c1-3-5-17-14-10-13(11-16-12-14)15(20)19-8-6-18(4-2)7-9-19/h3,10-12,17H,1,4-9H2,2H3. The number of nitrogens with one attached hydrogen (secondary N) is 1. The minimum atomic E-state index is 0.0653. The Bertz CT molecular complexity index is 467. The lowest BCUT2D eigenvalue weighted by molar-refractivity contribution is 0.0643. The lowest BCUT2D eigenvalue weighted by atomic mass is 10.2. The monoisotopic (exact) mass is 274 g/mol. The molecule has 1 aromatic rings. The first-order valence-corrected chi connectivity index (χ1v) is 7.06. The number of nitrogens with zero attached hydrogens (tertiary/aromatic N) is 3. The summed E-state index contributed by atoms with van der Waals surface area (Å²) in [6.07, 6.45) is 5.13. The van der Waals surface area contributed by atoms with Gasteiger partial charge in [0.15, 0.2) is 0 Å². The van der Waals surface area contributed by atoms with Gasteiger partial charge in [0.2, 0.25) is 0 Å². The zero-order valence-electron chi connectivity index (χ0n) is 12.0. The van der Waals surface area contributed by atoms with Crippen LogP contribution in [0.25, 0.3) is 0 Å². The van der Waals surface area contributed by atoms with E-state index in [1.54, 1.807) is 18.5 Å². The van der Waals surface area contributed by atoms with Gasteiger partial charge in [0.25, 0.3) is 5.91 Å². The molecule has 108 valence electrons. The molecule has 1 aliphatic rings. The number of hydrogen-bond donors (Lipinski definition) is 1. The summed E-state index contributed by atoms with van der Waals surface area (Å²) in [5, 5.41) is 3.15. The predicted molar refractivity (Wildman–Crippen MR) is 80.9 cm³/mol. The van der Waals surface area contributed by atoms with Crippen LogP contribution in [0.1, 0.15) is 17.3 Å². The molecule has 1 saturated heterocycles. The second-order valence-corrected chi connectivity index (χ2v) is 4.86. The smallest absolute Gasteiger partial charge is 0.255 e. The van der Waals surface area contributed by atoms with Gasteiger partial charge < -0.3 is 15.1 Å². The molecule has 1 amide bonds. The summed E-state index contributed by atoms with van der Waals surface area (Å²) in [6, 6.07) is 1.85. The first kappa shape index (κ1) is 14.5. The van der Waals surface area contributed by atoms with Crippen LogP contribution in [0, 0.1) is 0 Å².